The highest BCUT2D eigenvalue weighted by molar-refractivity contribution is 7.90. The summed E-state index contributed by atoms with van der Waals surface area (Å²) in [6.45, 7) is 3.71. The highest BCUT2D eigenvalue weighted by Gasteiger charge is 2.31. The average molecular weight is 399 g/mol. The Labute approximate surface area is 158 Å². The van der Waals surface area contributed by atoms with Crippen LogP contribution in [0.3, 0.4) is 0 Å². The van der Waals surface area contributed by atoms with Gasteiger partial charge < -0.3 is 9.94 Å². The zero-order valence-electron chi connectivity index (χ0n) is 15.8. The van der Waals surface area contributed by atoms with Crippen LogP contribution in [0.2, 0.25) is 0 Å². The molecule has 27 heavy (non-hydrogen) atoms. The molecule has 0 bridgehead atoms. The molecule has 0 aliphatic heterocycles. The Morgan fingerprint density at radius 2 is 2.15 bits per heavy atom. The molecule has 1 aromatic rings. The number of nitrogens with one attached hydrogen (secondary N) is 1. The molecule has 1 aliphatic carbocycles. The normalized spacial score (nSPS) is 17.1. The molecule has 150 valence electrons. The van der Waals surface area contributed by atoms with Crippen LogP contribution in [-0.2, 0) is 30.8 Å². The topological polar surface area (TPSA) is 118 Å². The fourth-order valence-electron chi connectivity index (χ4n) is 3.11. The molecule has 1 aromatic carbocycles. The van der Waals surface area contributed by atoms with Crippen molar-refractivity contribution in [3.05, 3.63) is 34.9 Å². The van der Waals surface area contributed by atoms with Gasteiger partial charge in [-0.2, -0.15) is 0 Å². The number of oxime groups is 1. The van der Waals surface area contributed by atoms with Crippen LogP contribution in [0, 0.1) is 0 Å². The fourth-order valence-corrected chi connectivity index (χ4v) is 4.30. The number of benzene rings is 1. The van der Waals surface area contributed by atoms with Gasteiger partial charge in [0.1, 0.15) is 0 Å². The zero-order chi connectivity index (χ0) is 20.2. The largest absolute Gasteiger partial charge is 0.468 e. The Morgan fingerprint density at radius 1 is 1.44 bits per heavy atom. The highest BCUT2D eigenvalue weighted by Crippen LogP contribution is 2.34. The molecule has 2 rings (SSSR count). The molecule has 0 heterocycles. The minimum atomic E-state index is -3.83. The third-order valence-corrected chi connectivity index (χ3v) is 5.39. The van der Waals surface area contributed by atoms with Crippen LogP contribution in [0.5, 0.6) is 0 Å². The fraction of sp³-hybridized carbons (Fsp3) is 0.529. The second-order valence-electron chi connectivity index (χ2n) is 6.49. The van der Waals surface area contributed by atoms with E-state index in [1.807, 2.05) is 19.9 Å². The lowest BCUT2D eigenvalue weighted by Gasteiger charge is -2.23. The molecular formula is C17H25N3O6S. The van der Waals surface area contributed by atoms with Gasteiger partial charge in [0.25, 0.3) is 0 Å². The average Bonchev–Trinajstić information content (AvgIpc) is 2.97. The number of hydrogen-bond acceptors (Lipinski definition) is 7. The molecule has 2 N–H and O–H groups in total. The number of fused-ring (bicyclic) bond motifs is 1. The summed E-state index contributed by atoms with van der Waals surface area (Å²) in [5, 5.41) is 14.2. The lowest BCUT2D eigenvalue weighted by atomic mass is 10.0. The van der Waals surface area contributed by atoms with E-state index in [0.29, 0.717) is 18.4 Å². The number of ether oxygens (including phenoxy) is 1. The van der Waals surface area contributed by atoms with E-state index in [1.165, 1.54) is 5.06 Å². The third-order valence-electron chi connectivity index (χ3n) is 4.13. The van der Waals surface area contributed by atoms with Crippen molar-refractivity contribution < 1.29 is 28.0 Å². The van der Waals surface area contributed by atoms with Crippen LogP contribution in [0.4, 0.5) is 0 Å². The van der Waals surface area contributed by atoms with Crippen molar-refractivity contribution >= 4 is 21.8 Å². The molecule has 0 spiro atoms. The van der Waals surface area contributed by atoms with Gasteiger partial charge in [-0.25, -0.2) is 18.2 Å². The Kier molecular flexibility index (Phi) is 6.79. The summed E-state index contributed by atoms with van der Waals surface area (Å²) in [5.41, 5.74) is 2.31. The molecule has 0 saturated carbocycles. The summed E-state index contributed by atoms with van der Waals surface area (Å²) in [5.74, 6) is -1.32. The number of sulfonamides is 1. The molecule has 0 radical (unpaired) electrons. The van der Waals surface area contributed by atoms with E-state index in [0.717, 1.165) is 18.2 Å². The highest BCUT2D eigenvalue weighted by atomic mass is 32.2. The molecule has 0 fully saturated rings. The van der Waals surface area contributed by atoms with E-state index in [4.69, 9.17) is 4.84 Å². The van der Waals surface area contributed by atoms with Crippen molar-refractivity contribution in [3.63, 3.8) is 0 Å². The maximum Gasteiger partial charge on any atom is 0.322 e. The lowest BCUT2D eigenvalue weighted by molar-refractivity contribution is -0.137. The Bertz CT molecular complexity index is 822. The summed E-state index contributed by atoms with van der Waals surface area (Å²) in [6.07, 6.45) is 1.01. The third kappa shape index (κ3) is 5.18. The summed E-state index contributed by atoms with van der Waals surface area (Å²) in [7, 11) is -1.05. The maximum absolute atomic E-state index is 12.2. The number of carbonyl (C=O) groups is 1. The zero-order valence-corrected chi connectivity index (χ0v) is 16.6. The van der Waals surface area contributed by atoms with Gasteiger partial charge in [-0.05, 0) is 37.8 Å². The molecular weight excluding hydrogens is 374 g/mol. The van der Waals surface area contributed by atoms with Gasteiger partial charge >= 0.3 is 5.97 Å². The number of hydrogen-bond donors (Lipinski definition) is 2. The van der Waals surface area contributed by atoms with Crippen LogP contribution < -0.4 is 4.72 Å². The monoisotopic (exact) mass is 399 g/mol. The van der Waals surface area contributed by atoms with E-state index in [2.05, 4.69) is 14.6 Å². The van der Waals surface area contributed by atoms with E-state index in [-0.39, 0.29) is 11.9 Å². The van der Waals surface area contributed by atoms with Gasteiger partial charge in [0.2, 0.25) is 10.0 Å². The van der Waals surface area contributed by atoms with E-state index in [1.54, 1.807) is 19.2 Å². The standard InChI is InChI=1S/C17H25N3O6S/c1-11(2)26-20(3)17(18-22)14-7-5-6-13-12(14)8-9-15(13)19-27(23,24)10-16(21)25-4/h5-7,11,15,19,22H,8-10H2,1-4H3/b18-17-/t15-/m0/s1. The first-order chi connectivity index (χ1) is 12.7. The molecule has 1 aliphatic rings. The number of hydroxylamine groups is 2. The minimum absolute atomic E-state index is 0.110. The van der Waals surface area contributed by atoms with E-state index >= 15 is 0 Å². The first-order valence-corrected chi connectivity index (χ1v) is 10.1. The van der Waals surface area contributed by atoms with E-state index < -0.39 is 27.8 Å². The minimum Gasteiger partial charge on any atom is -0.468 e. The Hall–Kier alpha value is -2.17. The molecule has 1 atom stereocenters. The van der Waals surface area contributed by atoms with Crippen LogP contribution in [0.25, 0.3) is 0 Å². The second kappa shape index (κ2) is 8.68. The van der Waals surface area contributed by atoms with Crippen molar-refractivity contribution in [2.45, 2.75) is 38.8 Å². The maximum atomic E-state index is 12.2. The number of rotatable bonds is 7. The number of esters is 1. The van der Waals surface area contributed by atoms with Gasteiger partial charge in [-0.15, -0.1) is 0 Å². The first-order valence-electron chi connectivity index (χ1n) is 8.50. The van der Waals surface area contributed by atoms with E-state index in [9.17, 15) is 18.4 Å². The van der Waals surface area contributed by atoms with Gasteiger partial charge in [0.15, 0.2) is 11.6 Å². The molecule has 10 heteroatoms. The molecule has 9 nitrogen and oxygen atoms in total. The van der Waals surface area contributed by atoms with Crippen molar-refractivity contribution in [3.8, 4) is 0 Å². The molecule has 0 aromatic heterocycles. The number of nitrogens with zero attached hydrogens (tertiary/aromatic N) is 2. The van der Waals surface area contributed by atoms with Gasteiger partial charge in [-0.3, -0.25) is 9.63 Å². The second-order valence-corrected chi connectivity index (χ2v) is 8.25. The summed E-state index contributed by atoms with van der Waals surface area (Å²) < 4.78 is 31.3. The SMILES string of the molecule is COC(=O)CS(=O)(=O)N[C@H]1CCc2c(/C(=N/O)N(C)OC(C)C)cccc21. The number of amidine groups is 1. The summed E-state index contributed by atoms with van der Waals surface area (Å²) in [6, 6.07) is 4.90. The van der Waals surface area contributed by atoms with Crippen molar-refractivity contribution in [2.75, 3.05) is 19.9 Å². The Balaban J connectivity index is 2.28. The smallest absolute Gasteiger partial charge is 0.322 e. The number of carbonyl (C=O) groups excluding carboxylic acids is 1. The van der Waals surface area contributed by atoms with Crippen molar-refractivity contribution in [2.24, 2.45) is 5.16 Å². The van der Waals surface area contributed by atoms with Gasteiger partial charge in [0, 0.05) is 18.7 Å². The lowest BCUT2D eigenvalue weighted by Crippen LogP contribution is -2.33. The predicted molar refractivity (Wildman–Crippen MR) is 98.8 cm³/mol. The predicted octanol–water partition coefficient (Wildman–Crippen LogP) is 1.17. The van der Waals surface area contributed by atoms with Crippen LogP contribution in [0.15, 0.2) is 23.4 Å². The quantitative estimate of drug-likeness (QED) is 0.232. The molecule has 0 unspecified atom stereocenters. The number of methoxy groups -OCH3 is 1. The summed E-state index contributed by atoms with van der Waals surface area (Å²) >= 11 is 0. The Morgan fingerprint density at radius 3 is 2.74 bits per heavy atom. The molecule has 0 amide bonds. The summed E-state index contributed by atoms with van der Waals surface area (Å²) in [4.78, 5) is 16.8. The van der Waals surface area contributed by atoms with Crippen molar-refractivity contribution in [1.29, 1.82) is 0 Å². The van der Waals surface area contributed by atoms with Crippen molar-refractivity contribution in [1.82, 2.24) is 9.79 Å². The molecule has 0 saturated heterocycles. The first kappa shape index (κ1) is 21.1. The van der Waals surface area contributed by atoms with Crippen LogP contribution in [-0.4, -0.2) is 56.5 Å². The van der Waals surface area contributed by atoms with Crippen LogP contribution in [0.1, 0.15) is 43.0 Å². The van der Waals surface area contributed by atoms with Gasteiger partial charge in [-0.1, -0.05) is 23.4 Å². The van der Waals surface area contributed by atoms with Crippen LogP contribution >= 0.6 is 0 Å². The van der Waals surface area contributed by atoms with Gasteiger partial charge in [0.05, 0.1) is 13.2 Å².